The highest BCUT2D eigenvalue weighted by Crippen LogP contribution is 2.34. The number of hydrogen-bond donors (Lipinski definition) is 0. The summed E-state index contributed by atoms with van der Waals surface area (Å²) in [4.78, 5) is 46.3. The molecule has 0 atom stereocenters. The van der Waals surface area contributed by atoms with Crippen LogP contribution in [0.25, 0.3) is 0 Å². The molecule has 2 saturated heterocycles. The van der Waals surface area contributed by atoms with Crippen LogP contribution in [0.2, 0.25) is 5.15 Å². The fraction of sp³-hybridized carbons (Fsp3) is 0.652. The predicted octanol–water partition coefficient (Wildman–Crippen LogP) is 3.12. The van der Waals surface area contributed by atoms with Gasteiger partial charge in [-0.1, -0.05) is 25.4 Å². The lowest BCUT2D eigenvalue weighted by molar-refractivity contribution is -0.147. The maximum Gasteiger partial charge on any atom is 0.290 e. The fourth-order valence-electron chi connectivity index (χ4n) is 4.58. The van der Waals surface area contributed by atoms with Gasteiger partial charge in [-0.05, 0) is 49.7 Å². The standard InChI is InChI=1S/C23H33ClN4O3/c1-15(2)20(29)23(31)28-13-9-17(10-14-28)16-7-11-27(12-8-16)19-6-5-18(21(24)25-19)22(30)26(3)4/h5-6,15-17H,7-14H2,1-4H3. The van der Waals surface area contributed by atoms with E-state index in [1.54, 1.807) is 38.9 Å². The minimum atomic E-state index is -0.317. The minimum absolute atomic E-state index is 0.150. The van der Waals surface area contributed by atoms with Crippen LogP contribution in [0.15, 0.2) is 12.1 Å². The van der Waals surface area contributed by atoms with E-state index in [4.69, 9.17) is 11.6 Å². The van der Waals surface area contributed by atoms with Crippen LogP contribution in [0, 0.1) is 17.8 Å². The number of rotatable bonds is 5. The van der Waals surface area contributed by atoms with E-state index >= 15 is 0 Å². The lowest BCUT2D eigenvalue weighted by atomic mass is 9.78. The van der Waals surface area contributed by atoms with Gasteiger partial charge in [0, 0.05) is 46.2 Å². The maximum atomic E-state index is 12.3. The van der Waals surface area contributed by atoms with Crippen LogP contribution in [0.5, 0.6) is 0 Å². The molecule has 0 bridgehead atoms. The number of nitrogens with zero attached hydrogens (tertiary/aromatic N) is 4. The van der Waals surface area contributed by atoms with E-state index in [2.05, 4.69) is 9.88 Å². The Morgan fingerprint density at radius 1 is 1.00 bits per heavy atom. The molecule has 2 fully saturated rings. The number of Topliss-reactive ketones (excluding diaryl/α,β-unsaturated/α-hetero) is 1. The van der Waals surface area contributed by atoms with Crippen LogP contribution < -0.4 is 4.90 Å². The van der Waals surface area contributed by atoms with Gasteiger partial charge in [-0.3, -0.25) is 14.4 Å². The van der Waals surface area contributed by atoms with Crippen molar-refractivity contribution in [2.75, 3.05) is 45.2 Å². The summed E-state index contributed by atoms with van der Waals surface area (Å²) in [5, 5.41) is 0.242. The first-order chi connectivity index (χ1) is 14.7. The Balaban J connectivity index is 1.51. The molecule has 2 aliphatic rings. The lowest BCUT2D eigenvalue weighted by Crippen LogP contribution is -2.45. The fourth-order valence-corrected chi connectivity index (χ4v) is 4.81. The molecule has 1 aromatic rings. The van der Waals surface area contributed by atoms with Crippen molar-refractivity contribution in [2.24, 2.45) is 17.8 Å². The molecule has 3 heterocycles. The lowest BCUT2D eigenvalue weighted by Gasteiger charge is -2.40. The number of carbonyl (C=O) groups is 3. The average molecular weight is 449 g/mol. The molecule has 0 aromatic carbocycles. The molecule has 3 rings (SSSR count). The van der Waals surface area contributed by atoms with Gasteiger partial charge in [-0.2, -0.15) is 0 Å². The van der Waals surface area contributed by atoms with Crippen LogP contribution in [-0.4, -0.2) is 72.7 Å². The molecule has 31 heavy (non-hydrogen) atoms. The Morgan fingerprint density at radius 2 is 1.55 bits per heavy atom. The second kappa shape index (κ2) is 9.98. The second-order valence-corrected chi connectivity index (χ2v) is 9.54. The monoisotopic (exact) mass is 448 g/mol. The van der Waals surface area contributed by atoms with Gasteiger partial charge in [-0.25, -0.2) is 4.98 Å². The van der Waals surface area contributed by atoms with Gasteiger partial charge in [0.05, 0.1) is 5.56 Å². The van der Waals surface area contributed by atoms with Crippen molar-refractivity contribution in [1.29, 1.82) is 0 Å². The number of anilines is 1. The molecule has 1 aromatic heterocycles. The molecule has 0 unspecified atom stereocenters. The SMILES string of the molecule is CC(C)C(=O)C(=O)N1CCC(C2CCN(c3ccc(C(=O)N(C)C)c(Cl)n3)CC2)CC1. The summed E-state index contributed by atoms with van der Waals surface area (Å²) in [6, 6.07) is 3.63. The zero-order valence-corrected chi connectivity index (χ0v) is 19.7. The molecule has 8 heteroatoms. The van der Waals surface area contributed by atoms with Gasteiger partial charge in [0.2, 0.25) is 5.78 Å². The number of hydrogen-bond acceptors (Lipinski definition) is 5. The summed E-state index contributed by atoms with van der Waals surface area (Å²) in [6.45, 7) is 6.72. The highest BCUT2D eigenvalue weighted by atomic mass is 35.5. The van der Waals surface area contributed by atoms with Crippen molar-refractivity contribution in [2.45, 2.75) is 39.5 Å². The summed E-state index contributed by atoms with van der Waals surface area (Å²) in [5.74, 6) is 1.04. The number of likely N-dealkylation sites (tertiary alicyclic amines) is 1. The van der Waals surface area contributed by atoms with Crippen molar-refractivity contribution in [1.82, 2.24) is 14.8 Å². The van der Waals surface area contributed by atoms with Gasteiger partial charge in [0.15, 0.2) is 0 Å². The first-order valence-electron chi connectivity index (χ1n) is 11.1. The zero-order valence-electron chi connectivity index (χ0n) is 18.9. The summed E-state index contributed by atoms with van der Waals surface area (Å²) < 4.78 is 0. The van der Waals surface area contributed by atoms with E-state index in [1.807, 2.05) is 6.07 Å². The van der Waals surface area contributed by atoms with E-state index in [9.17, 15) is 14.4 Å². The third kappa shape index (κ3) is 5.37. The van der Waals surface area contributed by atoms with E-state index < -0.39 is 0 Å². The molecular weight excluding hydrogens is 416 g/mol. The summed E-state index contributed by atoms with van der Waals surface area (Å²) in [7, 11) is 3.39. The van der Waals surface area contributed by atoms with Crippen LogP contribution in [0.1, 0.15) is 49.9 Å². The zero-order chi connectivity index (χ0) is 22.7. The number of amides is 2. The van der Waals surface area contributed by atoms with Crippen molar-refractivity contribution in [3.05, 3.63) is 22.8 Å². The second-order valence-electron chi connectivity index (χ2n) is 9.18. The van der Waals surface area contributed by atoms with E-state index in [-0.39, 0.29) is 28.7 Å². The third-order valence-electron chi connectivity index (χ3n) is 6.56. The Bertz CT molecular complexity index is 826. The smallest absolute Gasteiger partial charge is 0.290 e. The molecule has 0 aliphatic carbocycles. The highest BCUT2D eigenvalue weighted by molar-refractivity contribution is 6.36. The average Bonchev–Trinajstić information content (AvgIpc) is 2.77. The van der Waals surface area contributed by atoms with Crippen LogP contribution in [0.3, 0.4) is 0 Å². The Kier molecular flexibility index (Phi) is 7.57. The van der Waals surface area contributed by atoms with Crippen molar-refractivity contribution in [3.63, 3.8) is 0 Å². The largest absolute Gasteiger partial charge is 0.357 e. The number of halogens is 1. The molecule has 0 saturated carbocycles. The first-order valence-corrected chi connectivity index (χ1v) is 11.5. The van der Waals surface area contributed by atoms with Gasteiger partial charge in [0.1, 0.15) is 11.0 Å². The number of piperidine rings is 2. The van der Waals surface area contributed by atoms with Crippen molar-refractivity contribution >= 4 is 35.0 Å². The molecule has 2 amide bonds. The maximum absolute atomic E-state index is 12.3. The van der Waals surface area contributed by atoms with E-state index in [0.717, 1.165) is 44.6 Å². The predicted molar refractivity (Wildman–Crippen MR) is 121 cm³/mol. The summed E-state index contributed by atoms with van der Waals surface area (Å²) in [5.41, 5.74) is 0.419. The topological polar surface area (TPSA) is 73.8 Å². The summed E-state index contributed by atoms with van der Waals surface area (Å²) in [6.07, 6.45) is 4.07. The van der Waals surface area contributed by atoms with E-state index in [0.29, 0.717) is 30.5 Å². The van der Waals surface area contributed by atoms with Crippen LogP contribution >= 0.6 is 11.6 Å². The third-order valence-corrected chi connectivity index (χ3v) is 6.85. The van der Waals surface area contributed by atoms with E-state index in [1.165, 1.54) is 4.90 Å². The number of ketones is 1. The molecule has 0 spiro atoms. The Morgan fingerprint density at radius 3 is 2.03 bits per heavy atom. The molecule has 2 aliphatic heterocycles. The number of carbonyl (C=O) groups excluding carboxylic acids is 3. The molecular formula is C23H33ClN4O3. The normalized spacial score (nSPS) is 18.4. The highest BCUT2D eigenvalue weighted by Gasteiger charge is 2.33. The molecule has 0 radical (unpaired) electrons. The minimum Gasteiger partial charge on any atom is -0.357 e. The van der Waals surface area contributed by atoms with Gasteiger partial charge < -0.3 is 14.7 Å². The van der Waals surface area contributed by atoms with Gasteiger partial charge >= 0.3 is 0 Å². The molecule has 0 N–H and O–H groups in total. The van der Waals surface area contributed by atoms with Crippen molar-refractivity contribution in [3.8, 4) is 0 Å². The number of pyridine rings is 1. The molecule has 170 valence electrons. The van der Waals surface area contributed by atoms with Crippen molar-refractivity contribution < 1.29 is 14.4 Å². The molecule has 7 nitrogen and oxygen atoms in total. The van der Waals surface area contributed by atoms with Crippen LogP contribution in [0.4, 0.5) is 5.82 Å². The van der Waals surface area contributed by atoms with Crippen LogP contribution in [-0.2, 0) is 9.59 Å². The Labute approximate surface area is 189 Å². The quantitative estimate of drug-likeness (QED) is 0.511. The summed E-state index contributed by atoms with van der Waals surface area (Å²) >= 11 is 6.28. The first kappa shape index (κ1) is 23.5. The van der Waals surface area contributed by atoms with Gasteiger partial charge in [0.25, 0.3) is 11.8 Å². The Hall–Kier alpha value is -2.15. The van der Waals surface area contributed by atoms with Gasteiger partial charge in [-0.15, -0.1) is 0 Å². The number of aromatic nitrogens is 1.